The maximum absolute atomic E-state index is 6.06. The average Bonchev–Trinajstić information content (AvgIpc) is 2.38. The van der Waals surface area contributed by atoms with Gasteiger partial charge in [-0.2, -0.15) is 0 Å². The smallest absolute Gasteiger partial charge is 0.161 e. The van der Waals surface area contributed by atoms with E-state index in [2.05, 4.69) is 28.8 Å². The first kappa shape index (κ1) is 13.0. The van der Waals surface area contributed by atoms with Crippen LogP contribution in [0.4, 0.5) is 0 Å². The Morgan fingerprint density at radius 2 is 2.06 bits per heavy atom. The lowest BCUT2D eigenvalue weighted by molar-refractivity contribution is 0.874. The summed E-state index contributed by atoms with van der Waals surface area (Å²) in [5.41, 5.74) is 3.15. The second-order valence-electron chi connectivity index (χ2n) is 4.14. The zero-order valence-electron chi connectivity index (χ0n) is 10.7. The van der Waals surface area contributed by atoms with Gasteiger partial charge in [-0.3, -0.25) is 4.98 Å². The number of hydrogen-bond donors (Lipinski definition) is 0. The Kier molecular flexibility index (Phi) is 4.26. The van der Waals surface area contributed by atoms with Crippen LogP contribution in [0.25, 0.3) is 11.4 Å². The van der Waals surface area contributed by atoms with Crippen molar-refractivity contribution in [2.24, 2.45) is 0 Å². The molecule has 0 radical (unpaired) electrons. The SMILES string of the molecule is CCCc1cc(Cl)nc(-c2ccncc2CC)n1. The molecule has 0 amide bonds. The summed E-state index contributed by atoms with van der Waals surface area (Å²) in [5, 5.41) is 0.502. The third-order valence-electron chi connectivity index (χ3n) is 2.78. The van der Waals surface area contributed by atoms with E-state index in [1.807, 2.05) is 18.3 Å². The zero-order valence-corrected chi connectivity index (χ0v) is 11.4. The van der Waals surface area contributed by atoms with Gasteiger partial charge in [0.25, 0.3) is 0 Å². The van der Waals surface area contributed by atoms with E-state index in [1.165, 1.54) is 0 Å². The van der Waals surface area contributed by atoms with Crippen molar-refractivity contribution in [2.45, 2.75) is 33.1 Å². The van der Waals surface area contributed by atoms with Crippen molar-refractivity contribution in [1.29, 1.82) is 0 Å². The summed E-state index contributed by atoms with van der Waals surface area (Å²) in [6, 6.07) is 3.78. The molecule has 0 saturated carbocycles. The van der Waals surface area contributed by atoms with Crippen molar-refractivity contribution >= 4 is 11.6 Å². The first-order chi connectivity index (χ1) is 8.74. The van der Waals surface area contributed by atoms with Crippen LogP contribution in [0.15, 0.2) is 24.5 Å². The number of aryl methyl sites for hydroxylation is 2. The van der Waals surface area contributed by atoms with Crippen molar-refractivity contribution in [3.63, 3.8) is 0 Å². The van der Waals surface area contributed by atoms with E-state index < -0.39 is 0 Å². The van der Waals surface area contributed by atoms with Gasteiger partial charge in [0.05, 0.1) is 0 Å². The molecular weight excluding hydrogens is 246 g/mol. The summed E-state index contributed by atoms with van der Waals surface area (Å²) in [5.74, 6) is 0.699. The Bertz CT molecular complexity index is 540. The fraction of sp³-hybridized carbons (Fsp3) is 0.357. The lowest BCUT2D eigenvalue weighted by Crippen LogP contribution is -1.98. The van der Waals surface area contributed by atoms with E-state index in [4.69, 9.17) is 11.6 Å². The predicted octanol–water partition coefficient (Wildman–Crippen LogP) is 3.71. The molecule has 2 rings (SSSR count). The van der Waals surface area contributed by atoms with E-state index in [-0.39, 0.29) is 0 Å². The summed E-state index contributed by atoms with van der Waals surface area (Å²) >= 11 is 6.06. The van der Waals surface area contributed by atoms with Crippen molar-refractivity contribution in [1.82, 2.24) is 15.0 Å². The van der Waals surface area contributed by atoms with Gasteiger partial charge in [-0.05, 0) is 30.5 Å². The molecule has 0 atom stereocenters. The molecule has 94 valence electrons. The van der Waals surface area contributed by atoms with E-state index in [1.54, 1.807) is 6.20 Å². The molecule has 0 spiro atoms. The van der Waals surface area contributed by atoms with Gasteiger partial charge in [-0.1, -0.05) is 31.9 Å². The van der Waals surface area contributed by atoms with Gasteiger partial charge in [0, 0.05) is 23.7 Å². The minimum atomic E-state index is 0.502. The lowest BCUT2D eigenvalue weighted by Gasteiger charge is -2.07. The highest BCUT2D eigenvalue weighted by Gasteiger charge is 2.09. The molecule has 0 aliphatic rings. The summed E-state index contributed by atoms with van der Waals surface area (Å²) in [7, 11) is 0. The first-order valence-electron chi connectivity index (χ1n) is 6.21. The second kappa shape index (κ2) is 5.91. The minimum absolute atomic E-state index is 0.502. The molecule has 2 heterocycles. The van der Waals surface area contributed by atoms with Crippen molar-refractivity contribution in [2.75, 3.05) is 0 Å². The summed E-state index contributed by atoms with van der Waals surface area (Å²) in [6.07, 6.45) is 6.49. The maximum Gasteiger partial charge on any atom is 0.161 e. The molecule has 2 aromatic rings. The Morgan fingerprint density at radius 3 is 2.78 bits per heavy atom. The van der Waals surface area contributed by atoms with Crippen LogP contribution in [-0.4, -0.2) is 15.0 Å². The normalized spacial score (nSPS) is 10.6. The van der Waals surface area contributed by atoms with Gasteiger partial charge < -0.3 is 0 Å². The number of pyridine rings is 1. The zero-order chi connectivity index (χ0) is 13.0. The largest absolute Gasteiger partial charge is 0.264 e. The highest BCUT2D eigenvalue weighted by atomic mass is 35.5. The molecule has 2 aromatic heterocycles. The number of hydrogen-bond acceptors (Lipinski definition) is 3. The number of nitrogens with zero attached hydrogens (tertiary/aromatic N) is 3. The number of rotatable bonds is 4. The standard InChI is InChI=1S/C14H16ClN3/c1-3-5-11-8-13(15)18-14(17-11)12-6-7-16-9-10(12)4-2/h6-9H,3-5H2,1-2H3. The number of halogens is 1. The van der Waals surface area contributed by atoms with Gasteiger partial charge in [-0.25, -0.2) is 9.97 Å². The van der Waals surface area contributed by atoms with Gasteiger partial charge >= 0.3 is 0 Å². The summed E-state index contributed by atoms with van der Waals surface area (Å²) in [6.45, 7) is 4.22. The van der Waals surface area contributed by atoms with Crippen LogP contribution in [-0.2, 0) is 12.8 Å². The highest BCUT2D eigenvalue weighted by Crippen LogP contribution is 2.22. The minimum Gasteiger partial charge on any atom is -0.264 e. The molecule has 3 nitrogen and oxygen atoms in total. The van der Waals surface area contributed by atoms with Crippen LogP contribution in [0.5, 0.6) is 0 Å². The number of aromatic nitrogens is 3. The van der Waals surface area contributed by atoms with Crippen LogP contribution in [0.1, 0.15) is 31.5 Å². The molecule has 4 heteroatoms. The Labute approximate surface area is 112 Å². The van der Waals surface area contributed by atoms with Crippen LogP contribution in [0.3, 0.4) is 0 Å². The van der Waals surface area contributed by atoms with Crippen molar-refractivity contribution in [3.05, 3.63) is 40.9 Å². The van der Waals surface area contributed by atoms with E-state index in [9.17, 15) is 0 Å². The van der Waals surface area contributed by atoms with Gasteiger partial charge in [0.2, 0.25) is 0 Å². The average molecular weight is 262 g/mol. The third-order valence-corrected chi connectivity index (χ3v) is 2.97. The molecular formula is C14H16ClN3. The first-order valence-corrected chi connectivity index (χ1v) is 6.59. The van der Waals surface area contributed by atoms with E-state index in [0.29, 0.717) is 11.0 Å². The van der Waals surface area contributed by atoms with Crippen LogP contribution < -0.4 is 0 Å². The molecule has 0 aromatic carbocycles. The fourth-order valence-electron chi connectivity index (χ4n) is 1.90. The quantitative estimate of drug-likeness (QED) is 0.788. The molecule has 0 aliphatic heterocycles. The van der Waals surface area contributed by atoms with Gasteiger partial charge in [0.15, 0.2) is 5.82 Å². The highest BCUT2D eigenvalue weighted by molar-refractivity contribution is 6.29. The maximum atomic E-state index is 6.06. The van der Waals surface area contributed by atoms with Crippen LogP contribution >= 0.6 is 11.6 Å². The third kappa shape index (κ3) is 2.85. The van der Waals surface area contributed by atoms with Crippen molar-refractivity contribution in [3.8, 4) is 11.4 Å². The molecule has 0 aliphatic carbocycles. The molecule has 0 saturated heterocycles. The Hall–Kier alpha value is -1.48. The topological polar surface area (TPSA) is 38.7 Å². The van der Waals surface area contributed by atoms with Crippen LogP contribution in [0.2, 0.25) is 5.15 Å². The molecule has 0 unspecified atom stereocenters. The second-order valence-corrected chi connectivity index (χ2v) is 4.53. The summed E-state index contributed by atoms with van der Waals surface area (Å²) < 4.78 is 0. The molecule has 0 bridgehead atoms. The van der Waals surface area contributed by atoms with Gasteiger partial charge in [-0.15, -0.1) is 0 Å². The molecule has 0 fully saturated rings. The van der Waals surface area contributed by atoms with E-state index in [0.717, 1.165) is 36.1 Å². The lowest BCUT2D eigenvalue weighted by atomic mass is 10.1. The predicted molar refractivity (Wildman–Crippen MR) is 73.6 cm³/mol. The van der Waals surface area contributed by atoms with Gasteiger partial charge in [0.1, 0.15) is 5.15 Å². The van der Waals surface area contributed by atoms with Crippen molar-refractivity contribution < 1.29 is 0 Å². The fourth-order valence-corrected chi connectivity index (χ4v) is 2.10. The molecule has 18 heavy (non-hydrogen) atoms. The summed E-state index contributed by atoms with van der Waals surface area (Å²) in [4.78, 5) is 13.0. The van der Waals surface area contributed by atoms with Crippen LogP contribution in [0, 0.1) is 0 Å². The Balaban J connectivity index is 2.49. The monoisotopic (exact) mass is 261 g/mol. The van der Waals surface area contributed by atoms with E-state index >= 15 is 0 Å². The molecule has 0 N–H and O–H groups in total. The Morgan fingerprint density at radius 1 is 1.22 bits per heavy atom.